The van der Waals surface area contributed by atoms with E-state index < -0.39 is 10.2 Å². The van der Waals surface area contributed by atoms with Gasteiger partial charge < -0.3 is 4.74 Å². The summed E-state index contributed by atoms with van der Waals surface area (Å²) in [6.07, 6.45) is 1.71. The lowest BCUT2D eigenvalue weighted by Crippen LogP contribution is -2.41. The molecule has 0 aliphatic carbocycles. The van der Waals surface area contributed by atoms with Gasteiger partial charge in [-0.15, -0.1) is 0 Å². The van der Waals surface area contributed by atoms with Crippen LogP contribution >= 0.6 is 0 Å². The highest BCUT2D eigenvalue weighted by molar-refractivity contribution is 7.86. The molecule has 2 rings (SSSR count). The third-order valence-corrected chi connectivity index (χ3v) is 5.79. The fourth-order valence-electron chi connectivity index (χ4n) is 2.39. The summed E-state index contributed by atoms with van der Waals surface area (Å²) >= 11 is 0. The maximum absolute atomic E-state index is 12.4. The summed E-state index contributed by atoms with van der Waals surface area (Å²) in [6, 6.07) is 5.86. The summed E-state index contributed by atoms with van der Waals surface area (Å²) in [5.74, 6) is 0.825. The molecule has 0 aromatic heterocycles. The van der Waals surface area contributed by atoms with Gasteiger partial charge in [0.15, 0.2) is 0 Å². The molecule has 1 heterocycles. The number of methoxy groups -OCH3 is 1. The van der Waals surface area contributed by atoms with Crippen LogP contribution in [0, 0.1) is 0 Å². The van der Waals surface area contributed by atoms with Crippen LogP contribution < -0.4 is 4.74 Å². The van der Waals surface area contributed by atoms with Crippen LogP contribution in [0.3, 0.4) is 0 Å². The first-order chi connectivity index (χ1) is 9.48. The number of aryl methyl sites for hydroxylation is 1. The standard InChI is InChI=1S/C14H22N2O3S/c1-4-15(2)20(17,18)16-9-5-6-12-10-14(19-3)8-7-13(12)11-16/h7-8,10H,4-6,9,11H2,1-3H3. The molecule has 20 heavy (non-hydrogen) atoms. The van der Waals surface area contributed by atoms with E-state index in [2.05, 4.69) is 0 Å². The molecule has 1 aliphatic rings. The number of benzene rings is 1. The van der Waals surface area contributed by atoms with E-state index in [0.717, 1.165) is 24.2 Å². The molecule has 112 valence electrons. The lowest BCUT2D eigenvalue weighted by atomic mass is 10.0. The number of ether oxygens (including phenoxy) is 1. The van der Waals surface area contributed by atoms with Gasteiger partial charge in [-0.3, -0.25) is 0 Å². The van der Waals surface area contributed by atoms with Crippen LogP contribution in [0.15, 0.2) is 18.2 Å². The molecule has 0 N–H and O–H groups in total. The van der Waals surface area contributed by atoms with E-state index >= 15 is 0 Å². The van der Waals surface area contributed by atoms with E-state index in [9.17, 15) is 8.42 Å². The molecule has 6 heteroatoms. The molecule has 1 aromatic rings. The monoisotopic (exact) mass is 298 g/mol. The predicted molar refractivity (Wildman–Crippen MR) is 78.9 cm³/mol. The highest BCUT2D eigenvalue weighted by Crippen LogP contribution is 2.25. The molecule has 0 spiro atoms. The predicted octanol–water partition coefficient (Wildman–Crippen LogP) is 1.64. The smallest absolute Gasteiger partial charge is 0.282 e. The normalized spacial score (nSPS) is 16.8. The van der Waals surface area contributed by atoms with Gasteiger partial charge in [-0.05, 0) is 36.1 Å². The Morgan fingerprint density at radius 3 is 2.75 bits per heavy atom. The van der Waals surface area contributed by atoms with Gasteiger partial charge in [-0.1, -0.05) is 13.0 Å². The van der Waals surface area contributed by atoms with Crippen molar-refractivity contribution in [1.82, 2.24) is 8.61 Å². The third-order valence-electron chi connectivity index (χ3n) is 3.78. The number of rotatable bonds is 4. The van der Waals surface area contributed by atoms with E-state index in [1.54, 1.807) is 18.5 Å². The van der Waals surface area contributed by atoms with Crippen LogP contribution in [-0.4, -0.2) is 44.3 Å². The number of nitrogens with zero attached hydrogens (tertiary/aromatic N) is 2. The molecule has 0 amide bonds. The average molecular weight is 298 g/mol. The Labute approximate surface area is 121 Å². The van der Waals surface area contributed by atoms with Crippen molar-refractivity contribution in [2.45, 2.75) is 26.3 Å². The second-order valence-corrected chi connectivity index (χ2v) is 7.03. The van der Waals surface area contributed by atoms with E-state index in [1.807, 2.05) is 25.1 Å². The molecule has 0 radical (unpaired) electrons. The Bertz CT molecular complexity index is 572. The van der Waals surface area contributed by atoms with Crippen molar-refractivity contribution in [1.29, 1.82) is 0 Å². The zero-order chi connectivity index (χ0) is 14.8. The topological polar surface area (TPSA) is 49.9 Å². The molecular formula is C14H22N2O3S. The SMILES string of the molecule is CCN(C)S(=O)(=O)N1CCCc2cc(OC)ccc2C1. The minimum atomic E-state index is -3.36. The van der Waals surface area contributed by atoms with Gasteiger partial charge in [-0.25, -0.2) is 0 Å². The second-order valence-electron chi connectivity index (χ2n) is 4.99. The van der Waals surface area contributed by atoms with Gasteiger partial charge in [0, 0.05) is 26.7 Å². The van der Waals surface area contributed by atoms with Crippen molar-refractivity contribution in [3.63, 3.8) is 0 Å². The molecule has 0 bridgehead atoms. The molecule has 5 nitrogen and oxygen atoms in total. The quantitative estimate of drug-likeness (QED) is 0.849. The Morgan fingerprint density at radius 1 is 1.35 bits per heavy atom. The molecule has 0 saturated carbocycles. The zero-order valence-corrected chi connectivity index (χ0v) is 13.1. The van der Waals surface area contributed by atoms with Crippen molar-refractivity contribution in [2.24, 2.45) is 0 Å². The Morgan fingerprint density at radius 2 is 2.10 bits per heavy atom. The maximum atomic E-state index is 12.4. The van der Waals surface area contributed by atoms with Crippen LogP contribution in [0.2, 0.25) is 0 Å². The van der Waals surface area contributed by atoms with Crippen molar-refractivity contribution >= 4 is 10.2 Å². The Balaban J connectivity index is 2.29. The maximum Gasteiger partial charge on any atom is 0.282 e. The minimum Gasteiger partial charge on any atom is -0.497 e. The zero-order valence-electron chi connectivity index (χ0n) is 12.3. The van der Waals surface area contributed by atoms with Gasteiger partial charge in [0.25, 0.3) is 10.2 Å². The van der Waals surface area contributed by atoms with E-state index in [0.29, 0.717) is 19.6 Å². The van der Waals surface area contributed by atoms with Gasteiger partial charge in [0.05, 0.1) is 7.11 Å². The molecule has 0 fully saturated rings. The van der Waals surface area contributed by atoms with Crippen LogP contribution in [-0.2, 0) is 23.2 Å². The first kappa shape index (κ1) is 15.3. The summed E-state index contributed by atoms with van der Waals surface area (Å²) in [4.78, 5) is 0. The Hall–Kier alpha value is -1.11. The molecular weight excluding hydrogens is 276 g/mol. The van der Waals surface area contributed by atoms with Gasteiger partial charge in [0.1, 0.15) is 5.75 Å². The fourth-order valence-corrected chi connectivity index (χ4v) is 3.77. The number of hydrogen-bond donors (Lipinski definition) is 0. The summed E-state index contributed by atoms with van der Waals surface area (Å²) in [7, 11) is -0.0940. The van der Waals surface area contributed by atoms with E-state index in [-0.39, 0.29) is 0 Å². The molecule has 0 saturated heterocycles. The van der Waals surface area contributed by atoms with Crippen molar-refractivity contribution in [3.05, 3.63) is 29.3 Å². The van der Waals surface area contributed by atoms with Crippen molar-refractivity contribution < 1.29 is 13.2 Å². The molecule has 1 aliphatic heterocycles. The largest absolute Gasteiger partial charge is 0.497 e. The third kappa shape index (κ3) is 2.97. The number of fused-ring (bicyclic) bond motifs is 1. The fraction of sp³-hybridized carbons (Fsp3) is 0.571. The lowest BCUT2D eigenvalue weighted by molar-refractivity contribution is 0.361. The van der Waals surface area contributed by atoms with Crippen molar-refractivity contribution in [2.75, 3.05) is 27.2 Å². The first-order valence-electron chi connectivity index (χ1n) is 6.86. The van der Waals surface area contributed by atoms with E-state index in [1.165, 1.54) is 9.87 Å². The lowest BCUT2D eigenvalue weighted by Gasteiger charge is -2.25. The number of hydrogen-bond acceptors (Lipinski definition) is 3. The van der Waals surface area contributed by atoms with Gasteiger partial charge >= 0.3 is 0 Å². The second kappa shape index (κ2) is 6.11. The first-order valence-corrected chi connectivity index (χ1v) is 8.26. The van der Waals surface area contributed by atoms with Crippen LogP contribution in [0.5, 0.6) is 5.75 Å². The molecule has 1 aromatic carbocycles. The summed E-state index contributed by atoms with van der Waals surface area (Å²) in [6.45, 7) is 3.32. The van der Waals surface area contributed by atoms with E-state index in [4.69, 9.17) is 4.74 Å². The van der Waals surface area contributed by atoms with Crippen molar-refractivity contribution in [3.8, 4) is 5.75 Å². The van der Waals surface area contributed by atoms with Crippen LogP contribution in [0.4, 0.5) is 0 Å². The molecule has 0 unspecified atom stereocenters. The highest BCUT2D eigenvalue weighted by atomic mass is 32.2. The van der Waals surface area contributed by atoms with Crippen LogP contribution in [0.1, 0.15) is 24.5 Å². The summed E-state index contributed by atoms with van der Waals surface area (Å²) < 4.78 is 33.0. The highest BCUT2D eigenvalue weighted by Gasteiger charge is 2.28. The minimum absolute atomic E-state index is 0.437. The van der Waals surface area contributed by atoms with Gasteiger partial charge in [-0.2, -0.15) is 17.0 Å². The molecule has 0 atom stereocenters. The summed E-state index contributed by atoms with van der Waals surface area (Å²) in [5, 5.41) is 0. The van der Waals surface area contributed by atoms with Gasteiger partial charge in [0.2, 0.25) is 0 Å². The average Bonchev–Trinajstić information content (AvgIpc) is 2.67. The Kier molecular flexibility index (Phi) is 4.67. The van der Waals surface area contributed by atoms with Crippen LogP contribution in [0.25, 0.3) is 0 Å². The summed E-state index contributed by atoms with van der Waals surface area (Å²) in [5.41, 5.74) is 2.25.